The van der Waals surface area contributed by atoms with E-state index in [-0.39, 0.29) is 18.4 Å². The van der Waals surface area contributed by atoms with Crippen molar-refractivity contribution in [2.45, 2.75) is 17.0 Å². The predicted octanol–water partition coefficient (Wildman–Crippen LogP) is 2.08. The minimum Gasteiger partial charge on any atom is -0.502 e. The maximum Gasteiger partial charge on any atom is 0.317 e. The number of aromatic hydroxyl groups is 1. The lowest BCUT2D eigenvalue weighted by molar-refractivity contribution is -0.394. The summed E-state index contributed by atoms with van der Waals surface area (Å²) in [5, 5.41) is 31.3. The Morgan fingerprint density at radius 3 is 2.55 bits per heavy atom. The molecule has 1 atom stereocenters. The number of hydrogen-bond donors (Lipinski definition) is 1. The van der Waals surface area contributed by atoms with E-state index in [1.165, 1.54) is 0 Å². The Morgan fingerprint density at radius 1 is 1.41 bits per heavy atom. The summed E-state index contributed by atoms with van der Waals surface area (Å²) in [5.41, 5.74) is -1.44. The first-order valence-corrected chi connectivity index (χ1v) is 6.95. The van der Waals surface area contributed by atoms with Crippen LogP contribution in [-0.2, 0) is 16.0 Å². The van der Waals surface area contributed by atoms with Gasteiger partial charge in [-0.1, -0.05) is 5.92 Å². The lowest BCUT2D eigenvalue weighted by Gasteiger charge is -2.07. The average molecular weight is 420 g/mol. The van der Waals surface area contributed by atoms with Crippen LogP contribution in [0, 0.1) is 32.6 Å². The molecule has 1 rings (SSSR count). The van der Waals surface area contributed by atoms with Crippen LogP contribution in [0.1, 0.15) is 12.0 Å². The minimum atomic E-state index is -0.941. The molecule has 0 fully saturated rings. The van der Waals surface area contributed by atoms with Crippen LogP contribution in [0.5, 0.6) is 5.75 Å². The van der Waals surface area contributed by atoms with Crippen molar-refractivity contribution in [2.24, 2.45) is 0 Å². The number of rotatable bonds is 6. The highest BCUT2D eigenvalue weighted by Crippen LogP contribution is 2.35. The molecule has 22 heavy (non-hydrogen) atoms. The molecule has 0 saturated carbocycles. The smallest absolute Gasteiger partial charge is 0.317 e. The molecule has 0 heterocycles. The highest BCUT2D eigenvalue weighted by Gasteiger charge is 2.24. The SMILES string of the molecule is C#CC(I)OC(=O)CCc1cc([N+](=O)[O-])cc([N+](=O)[O-])c1O. The van der Waals surface area contributed by atoms with Gasteiger partial charge in [-0.15, -0.1) is 6.42 Å². The number of halogens is 1. The summed E-state index contributed by atoms with van der Waals surface area (Å²) in [6.45, 7) is 0. The molecule has 0 radical (unpaired) electrons. The van der Waals surface area contributed by atoms with Gasteiger partial charge in [0.05, 0.1) is 15.9 Å². The third-order valence-electron chi connectivity index (χ3n) is 2.53. The first-order chi connectivity index (χ1) is 10.3. The van der Waals surface area contributed by atoms with Gasteiger partial charge in [-0.05, 0) is 29.0 Å². The fraction of sp³-hybridized carbons (Fsp3) is 0.250. The van der Waals surface area contributed by atoms with Crippen molar-refractivity contribution >= 4 is 39.9 Å². The van der Waals surface area contributed by atoms with Crippen LogP contribution >= 0.6 is 22.6 Å². The van der Waals surface area contributed by atoms with Crippen molar-refractivity contribution < 1.29 is 24.5 Å². The maximum absolute atomic E-state index is 11.5. The van der Waals surface area contributed by atoms with Crippen molar-refractivity contribution in [3.05, 3.63) is 37.9 Å². The molecule has 0 aliphatic heterocycles. The van der Waals surface area contributed by atoms with Crippen LogP contribution in [0.25, 0.3) is 0 Å². The zero-order valence-corrected chi connectivity index (χ0v) is 13.1. The standard InChI is InChI=1S/C12H9IN2O7/c1-2-10(13)22-11(16)4-3-7-5-8(14(18)19)6-9(12(7)17)15(20)21/h1,5-6,10,17H,3-4H2. The van der Waals surface area contributed by atoms with Gasteiger partial charge >= 0.3 is 11.7 Å². The second-order valence-electron chi connectivity index (χ2n) is 3.96. The Hall–Kier alpha value is -2.42. The zero-order valence-electron chi connectivity index (χ0n) is 10.9. The lowest BCUT2D eigenvalue weighted by Crippen LogP contribution is -2.11. The van der Waals surface area contributed by atoms with Crippen LogP contribution in [-0.4, -0.2) is 25.0 Å². The van der Waals surface area contributed by atoms with E-state index in [1.807, 2.05) is 0 Å². The van der Waals surface area contributed by atoms with Gasteiger partial charge in [0.15, 0.2) is 5.75 Å². The number of aryl methyl sites for hydroxylation is 1. The van der Waals surface area contributed by atoms with E-state index < -0.39 is 37.1 Å². The Morgan fingerprint density at radius 2 is 2.05 bits per heavy atom. The summed E-state index contributed by atoms with van der Waals surface area (Å²) in [4.78, 5) is 31.2. The molecular weight excluding hydrogens is 411 g/mol. The molecule has 0 saturated heterocycles. The van der Waals surface area contributed by atoms with Gasteiger partial charge in [0.2, 0.25) is 4.11 Å². The molecule has 0 aliphatic carbocycles. The van der Waals surface area contributed by atoms with E-state index >= 15 is 0 Å². The fourth-order valence-corrected chi connectivity index (χ4v) is 1.83. The topological polar surface area (TPSA) is 133 Å². The highest BCUT2D eigenvalue weighted by molar-refractivity contribution is 14.1. The van der Waals surface area contributed by atoms with E-state index in [2.05, 4.69) is 5.92 Å². The maximum atomic E-state index is 11.5. The van der Waals surface area contributed by atoms with Crippen molar-refractivity contribution in [2.75, 3.05) is 0 Å². The molecular formula is C12H9IN2O7. The van der Waals surface area contributed by atoms with Crippen LogP contribution in [0.4, 0.5) is 11.4 Å². The van der Waals surface area contributed by atoms with Crippen molar-refractivity contribution in [1.29, 1.82) is 0 Å². The number of nitro groups is 2. The number of carbonyl (C=O) groups is 1. The number of non-ortho nitro benzene ring substituents is 1. The highest BCUT2D eigenvalue weighted by atomic mass is 127. The number of terminal acetylenes is 1. The summed E-state index contributed by atoms with van der Waals surface area (Å²) in [6, 6.07) is 1.62. The molecule has 9 nitrogen and oxygen atoms in total. The molecule has 116 valence electrons. The van der Waals surface area contributed by atoms with E-state index in [1.54, 1.807) is 22.6 Å². The second kappa shape index (κ2) is 7.55. The quantitative estimate of drug-likeness (QED) is 0.186. The van der Waals surface area contributed by atoms with Gasteiger partial charge in [-0.2, -0.15) is 0 Å². The molecule has 0 aliphatic rings. The number of ether oxygens (including phenoxy) is 1. The van der Waals surface area contributed by atoms with E-state index in [0.29, 0.717) is 6.07 Å². The minimum absolute atomic E-state index is 0.0939. The number of hydrogen-bond acceptors (Lipinski definition) is 7. The van der Waals surface area contributed by atoms with Gasteiger partial charge in [-0.25, -0.2) is 0 Å². The number of alkyl halides is 1. The van der Waals surface area contributed by atoms with E-state index in [0.717, 1.165) is 6.07 Å². The van der Waals surface area contributed by atoms with Crippen molar-refractivity contribution in [3.8, 4) is 18.1 Å². The average Bonchev–Trinajstić information content (AvgIpc) is 2.45. The molecule has 0 amide bonds. The molecule has 0 aromatic heterocycles. The second-order valence-corrected chi connectivity index (χ2v) is 5.09. The van der Waals surface area contributed by atoms with Crippen LogP contribution < -0.4 is 0 Å². The molecule has 0 spiro atoms. The van der Waals surface area contributed by atoms with Crippen LogP contribution in [0.15, 0.2) is 12.1 Å². The first kappa shape index (κ1) is 17.6. The molecule has 1 N–H and O–H groups in total. The number of phenols is 1. The van der Waals surface area contributed by atoms with Gasteiger partial charge in [-0.3, -0.25) is 25.0 Å². The number of nitro benzene ring substituents is 2. The summed E-state index contributed by atoms with van der Waals surface area (Å²) < 4.78 is 4.01. The molecule has 0 bridgehead atoms. The molecule has 1 aromatic rings. The van der Waals surface area contributed by atoms with Crippen molar-refractivity contribution in [1.82, 2.24) is 0 Å². The Bertz CT molecular complexity index is 668. The molecule has 10 heteroatoms. The summed E-state index contributed by atoms with van der Waals surface area (Å²) >= 11 is 1.70. The summed E-state index contributed by atoms with van der Waals surface area (Å²) in [6.07, 6.45) is 4.62. The van der Waals surface area contributed by atoms with Crippen molar-refractivity contribution in [3.63, 3.8) is 0 Å². The number of phenolic OH excluding ortho intramolecular Hbond substituents is 1. The summed E-state index contributed by atoms with van der Waals surface area (Å²) in [5.74, 6) is 0.764. The van der Waals surface area contributed by atoms with E-state index in [4.69, 9.17) is 11.2 Å². The van der Waals surface area contributed by atoms with Gasteiger partial charge in [0.1, 0.15) is 0 Å². The van der Waals surface area contributed by atoms with Crippen LogP contribution in [0.2, 0.25) is 0 Å². The Balaban J connectivity index is 2.99. The summed E-state index contributed by atoms with van der Waals surface area (Å²) in [7, 11) is 0. The number of carbonyl (C=O) groups excluding carboxylic acids is 1. The largest absolute Gasteiger partial charge is 0.502 e. The Kier molecular flexibility index (Phi) is 6.05. The van der Waals surface area contributed by atoms with E-state index in [9.17, 15) is 30.1 Å². The predicted molar refractivity (Wildman–Crippen MR) is 82.5 cm³/mol. The number of esters is 1. The van der Waals surface area contributed by atoms with Gasteiger partial charge in [0, 0.05) is 18.1 Å². The first-order valence-electron chi connectivity index (χ1n) is 5.70. The Labute approximate surface area is 137 Å². The van der Waals surface area contributed by atoms with Gasteiger partial charge < -0.3 is 9.84 Å². The van der Waals surface area contributed by atoms with Gasteiger partial charge in [0.25, 0.3) is 5.69 Å². The monoisotopic (exact) mass is 420 g/mol. The molecule has 1 aromatic carbocycles. The normalized spacial score (nSPS) is 11.3. The zero-order chi connectivity index (χ0) is 16.9. The third-order valence-corrected chi connectivity index (χ3v) is 3.14. The fourth-order valence-electron chi connectivity index (χ4n) is 1.54. The molecule has 1 unspecified atom stereocenters. The van der Waals surface area contributed by atoms with Crippen LogP contribution in [0.3, 0.4) is 0 Å². The third kappa shape index (κ3) is 4.55. The number of nitrogens with zero attached hydrogens (tertiary/aromatic N) is 2. The number of benzene rings is 1. The lowest BCUT2D eigenvalue weighted by atomic mass is 10.1.